The van der Waals surface area contributed by atoms with Gasteiger partial charge in [0.05, 0.1) is 0 Å². The molecule has 0 spiro atoms. The van der Waals surface area contributed by atoms with Gasteiger partial charge in [0.2, 0.25) is 0 Å². The van der Waals surface area contributed by atoms with Gasteiger partial charge in [-0.15, -0.1) is 0 Å². The summed E-state index contributed by atoms with van der Waals surface area (Å²) in [6.07, 6.45) is 0. The van der Waals surface area contributed by atoms with E-state index < -0.39 is 0 Å². The Labute approximate surface area is 159 Å². The normalized spacial score (nSPS) is 15.3. The lowest BCUT2D eigenvalue weighted by molar-refractivity contribution is 0.313. The molecule has 4 rings (SSSR count). The molecule has 3 aromatic rings. The number of aryl methyl sites for hydroxylation is 1. The summed E-state index contributed by atoms with van der Waals surface area (Å²) in [6.45, 7) is 6.87. The molecule has 0 amide bonds. The van der Waals surface area contributed by atoms with Crippen LogP contribution in [0.1, 0.15) is 11.1 Å². The van der Waals surface area contributed by atoms with E-state index in [0.717, 1.165) is 53.9 Å². The number of H-pyrrole nitrogens is 1. The summed E-state index contributed by atoms with van der Waals surface area (Å²) in [5.41, 5.74) is 5.03. The van der Waals surface area contributed by atoms with Gasteiger partial charge in [-0.05, 0) is 61.3 Å². The minimum atomic E-state index is -0.0327. The molecular formula is C22H26N4O. The second kappa shape index (κ2) is 7.45. The number of aromatic amines is 1. The molecule has 0 atom stereocenters. The van der Waals surface area contributed by atoms with Crippen LogP contribution in [0.4, 0.5) is 11.4 Å². The Kier molecular flexibility index (Phi) is 4.86. The zero-order valence-electron chi connectivity index (χ0n) is 16.0. The predicted molar refractivity (Wildman–Crippen MR) is 113 cm³/mol. The van der Waals surface area contributed by atoms with Crippen molar-refractivity contribution in [2.45, 2.75) is 13.5 Å². The Bertz CT molecular complexity index is 985. The van der Waals surface area contributed by atoms with E-state index in [1.807, 2.05) is 19.1 Å². The van der Waals surface area contributed by atoms with Crippen molar-refractivity contribution in [2.24, 2.45) is 0 Å². The van der Waals surface area contributed by atoms with E-state index in [2.05, 4.69) is 63.5 Å². The lowest BCUT2D eigenvalue weighted by Gasteiger charge is -2.34. The quantitative estimate of drug-likeness (QED) is 0.748. The van der Waals surface area contributed by atoms with Gasteiger partial charge in [0.15, 0.2) is 0 Å². The first-order chi connectivity index (χ1) is 13.1. The van der Waals surface area contributed by atoms with Crippen molar-refractivity contribution in [1.29, 1.82) is 0 Å². The van der Waals surface area contributed by atoms with E-state index in [1.165, 1.54) is 5.69 Å². The van der Waals surface area contributed by atoms with E-state index in [4.69, 9.17) is 0 Å². The summed E-state index contributed by atoms with van der Waals surface area (Å²) >= 11 is 0. The number of hydrogen-bond donors (Lipinski definition) is 2. The number of benzene rings is 2. The molecule has 1 aromatic heterocycles. The lowest BCUT2D eigenvalue weighted by atomic mass is 10.1. The number of fused-ring (bicyclic) bond motifs is 1. The average Bonchev–Trinajstić information content (AvgIpc) is 2.67. The fraction of sp³-hybridized carbons (Fsp3) is 0.318. The molecule has 2 aromatic carbocycles. The van der Waals surface area contributed by atoms with Crippen LogP contribution in [0.2, 0.25) is 0 Å². The number of nitrogens with zero attached hydrogens (tertiary/aromatic N) is 2. The number of piperazine rings is 1. The third kappa shape index (κ3) is 3.98. The van der Waals surface area contributed by atoms with E-state index in [0.29, 0.717) is 6.54 Å². The molecule has 140 valence electrons. The highest BCUT2D eigenvalue weighted by Crippen LogP contribution is 2.20. The molecule has 5 heteroatoms. The van der Waals surface area contributed by atoms with E-state index in [1.54, 1.807) is 0 Å². The van der Waals surface area contributed by atoms with Crippen LogP contribution >= 0.6 is 0 Å². The van der Waals surface area contributed by atoms with Gasteiger partial charge >= 0.3 is 0 Å². The van der Waals surface area contributed by atoms with E-state index in [-0.39, 0.29) is 5.56 Å². The van der Waals surface area contributed by atoms with Crippen molar-refractivity contribution in [2.75, 3.05) is 43.4 Å². The van der Waals surface area contributed by atoms with Gasteiger partial charge in [-0.1, -0.05) is 12.1 Å². The Morgan fingerprint density at radius 2 is 1.74 bits per heavy atom. The zero-order valence-corrected chi connectivity index (χ0v) is 16.0. The van der Waals surface area contributed by atoms with Gasteiger partial charge in [-0.2, -0.15) is 0 Å². The Morgan fingerprint density at radius 3 is 2.48 bits per heavy atom. The van der Waals surface area contributed by atoms with Gasteiger partial charge in [0, 0.05) is 55.2 Å². The van der Waals surface area contributed by atoms with Crippen molar-refractivity contribution in [1.82, 2.24) is 9.88 Å². The van der Waals surface area contributed by atoms with Crippen LogP contribution < -0.4 is 15.8 Å². The molecule has 0 aliphatic carbocycles. The second-order valence-corrected chi connectivity index (χ2v) is 7.41. The van der Waals surface area contributed by atoms with Crippen LogP contribution in [0.3, 0.4) is 0 Å². The molecule has 2 N–H and O–H groups in total. The largest absolute Gasteiger partial charge is 0.381 e. The van der Waals surface area contributed by atoms with Gasteiger partial charge in [-0.25, -0.2) is 0 Å². The third-order valence-electron chi connectivity index (χ3n) is 5.30. The molecule has 2 heterocycles. The first-order valence-corrected chi connectivity index (χ1v) is 9.48. The number of nitrogens with one attached hydrogen (secondary N) is 2. The number of rotatable bonds is 4. The summed E-state index contributed by atoms with van der Waals surface area (Å²) in [7, 11) is 2.17. The summed E-state index contributed by atoms with van der Waals surface area (Å²) in [4.78, 5) is 20.1. The maximum atomic E-state index is 12.3. The van der Waals surface area contributed by atoms with Crippen LogP contribution in [0.15, 0.2) is 53.3 Å². The highest BCUT2D eigenvalue weighted by molar-refractivity contribution is 5.79. The van der Waals surface area contributed by atoms with Crippen LogP contribution in [0.25, 0.3) is 10.9 Å². The third-order valence-corrected chi connectivity index (χ3v) is 5.30. The molecule has 0 unspecified atom stereocenters. The van der Waals surface area contributed by atoms with Crippen LogP contribution in [0.5, 0.6) is 0 Å². The second-order valence-electron chi connectivity index (χ2n) is 7.41. The van der Waals surface area contributed by atoms with Crippen molar-refractivity contribution >= 4 is 22.3 Å². The van der Waals surface area contributed by atoms with Crippen molar-refractivity contribution in [3.63, 3.8) is 0 Å². The van der Waals surface area contributed by atoms with Crippen molar-refractivity contribution in [3.05, 3.63) is 70.0 Å². The molecule has 5 nitrogen and oxygen atoms in total. The van der Waals surface area contributed by atoms with Gasteiger partial charge < -0.3 is 20.1 Å². The fourth-order valence-electron chi connectivity index (χ4n) is 3.54. The first kappa shape index (κ1) is 17.6. The number of anilines is 2. The summed E-state index contributed by atoms with van der Waals surface area (Å²) in [5, 5.41) is 4.43. The average molecular weight is 362 g/mol. The molecule has 1 fully saturated rings. The number of aromatic nitrogens is 1. The first-order valence-electron chi connectivity index (χ1n) is 9.48. The summed E-state index contributed by atoms with van der Waals surface area (Å²) in [6, 6.07) is 16.6. The van der Waals surface area contributed by atoms with Gasteiger partial charge in [-0.3, -0.25) is 4.79 Å². The number of hydrogen-bond acceptors (Lipinski definition) is 4. The maximum absolute atomic E-state index is 12.3. The van der Waals surface area contributed by atoms with Crippen LogP contribution in [-0.2, 0) is 6.54 Å². The number of pyridine rings is 1. The smallest absolute Gasteiger partial charge is 0.253 e. The minimum absolute atomic E-state index is 0.0327. The van der Waals surface area contributed by atoms with Crippen LogP contribution in [-0.4, -0.2) is 43.1 Å². The van der Waals surface area contributed by atoms with Crippen molar-refractivity contribution < 1.29 is 0 Å². The molecule has 1 aliphatic rings. The fourth-order valence-corrected chi connectivity index (χ4v) is 3.54. The molecule has 0 bridgehead atoms. The standard InChI is InChI=1S/C22H26N4O/c1-16-3-4-17-14-18(22(27)24-21(17)13-16)15-23-19-5-7-20(8-6-19)26-11-9-25(2)10-12-26/h3-8,13-14,23H,9-12,15H2,1-2H3,(H,24,27). The molecule has 1 aliphatic heterocycles. The molecule has 27 heavy (non-hydrogen) atoms. The number of likely N-dealkylation sites (N-methyl/N-ethyl adjacent to an activating group) is 1. The summed E-state index contributed by atoms with van der Waals surface area (Å²) in [5.74, 6) is 0. The van der Waals surface area contributed by atoms with E-state index in [9.17, 15) is 4.79 Å². The summed E-state index contributed by atoms with van der Waals surface area (Å²) < 4.78 is 0. The Hall–Kier alpha value is -2.79. The molecular weight excluding hydrogens is 336 g/mol. The monoisotopic (exact) mass is 362 g/mol. The molecule has 1 saturated heterocycles. The van der Waals surface area contributed by atoms with Gasteiger partial charge in [0.1, 0.15) is 0 Å². The lowest BCUT2D eigenvalue weighted by Crippen LogP contribution is -2.44. The Morgan fingerprint density at radius 1 is 1.00 bits per heavy atom. The van der Waals surface area contributed by atoms with Crippen molar-refractivity contribution in [3.8, 4) is 0 Å². The van der Waals surface area contributed by atoms with Gasteiger partial charge in [0.25, 0.3) is 5.56 Å². The maximum Gasteiger partial charge on any atom is 0.253 e. The topological polar surface area (TPSA) is 51.4 Å². The molecule has 0 saturated carbocycles. The van der Waals surface area contributed by atoms with Crippen LogP contribution in [0, 0.1) is 6.92 Å². The molecule has 0 radical (unpaired) electrons. The van der Waals surface area contributed by atoms with E-state index >= 15 is 0 Å². The minimum Gasteiger partial charge on any atom is -0.381 e. The SMILES string of the molecule is Cc1ccc2cc(CNc3ccc(N4CCN(C)CC4)cc3)c(=O)[nH]c2c1. The zero-order chi connectivity index (χ0) is 18.8. The Balaban J connectivity index is 1.44. The highest BCUT2D eigenvalue weighted by atomic mass is 16.1. The predicted octanol–water partition coefficient (Wildman–Crippen LogP) is 3.20. The highest BCUT2D eigenvalue weighted by Gasteiger charge is 2.14.